The van der Waals surface area contributed by atoms with Crippen LogP contribution in [-0.2, 0) is 0 Å². The van der Waals surface area contributed by atoms with Gasteiger partial charge in [-0.25, -0.2) is 0 Å². The first-order valence-electron chi connectivity index (χ1n) is 3.85. The van der Waals surface area contributed by atoms with Crippen molar-refractivity contribution in [3.05, 3.63) is 45.8 Å². The summed E-state index contributed by atoms with van der Waals surface area (Å²) in [6, 6.07) is 11.4. The summed E-state index contributed by atoms with van der Waals surface area (Å²) in [5, 5.41) is 10.7. The molecule has 0 amide bonds. The Morgan fingerprint density at radius 1 is 1.00 bits per heavy atom. The van der Waals surface area contributed by atoms with Crippen molar-refractivity contribution in [1.82, 2.24) is 0 Å². The van der Waals surface area contributed by atoms with E-state index in [1.54, 1.807) is 6.07 Å². The third-order valence-corrected chi connectivity index (χ3v) is 2.65. The number of rotatable bonds is 0. The van der Waals surface area contributed by atoms with Gasteiger partial charge in [-0.15, -0.1) is 0 Å². The second-order valence-corrected chi connectivity index (χ2v) is 3.57. The van der Waals surface area contributed by atoms with Gasteiger partial charge in [-0.2, -0.15) is 0 Å². The van der Waals surface area contributed by atoms with E-state index < -0.39 is 0 Å². The predicted molar refractivity (Wildman–Crippen MR) is 56.4 cm³/mol. The van der Waals surface area contributed by atoms with Gasteiger partial charge in [-0.05, 0) is 12.1 Å². The Labute approximate surface area is 83.9 Å². The molecule has 0 bridgehead atoms. The maximum Gasteiger partial charge on any atom is 0.392 e. The molecule has 3 heteroatoms. The van der Waals surface area contributed by atoms with Crippen LogP contribution < -0.4 is 0 Å². The molecule has 0 N–H and O–H groups in total. The number of fused-ring (bicyclic) bond motifs is 1. The van der Waals surface area contributed by atoms with Gasteiger partial charge in [-0.1, -0.05) is 34.1 Å². The van der Waals surface area contributed by atoms with Crippen molar-refractivity contribution in [2.75, 3.05) is 0 Å². The predicted octanol–water partition coefficient (Wildman–Crippen LogP) is 4.09. The molecule has 13 heavy (non-hydrogen) atoms. The molecule has 0 aliphatic heterocycles. The molecule has 0 unspecified atom stereocenters. The number of hydrogen-bond acceptors (Lipinski definition) is 1. The van der Waals surface area contributed by atoms with Gasteiger partial charge in [0.1, 0.15) is 0 Å². The summed E-state index contributed by atoms with van der Waals surface area (Å²) in [4.78, 5) is 3.22. The van der Waals surface area contributed by atoms with E-state index in [1.807, 2.05) is 30.3 Å². The summed E-state index contributed by atoms with van der Waals surface area (Å²) in [7, 11) is 0. The summed E-state index contributed by atoms with van der Waals surface area (Å²) in [6.45, 7) is 0. The van der Waals surface area contributed by atoms with E-state index in [1.165, 1.54) is 0 Å². The van der Waals surface area contributed by atoms with Crippen molar-refractivity contribution in [1.29, 1.82) is 5.39 Å². The fourth-order valence-electron chi connectivity index (χ4n) is 1.33. The minimum atomic E-state index is 0.596. The van der Waals surface area contributed by atoms with Gasteiger partial charge in [-0.3, -0.25) is 0 Å². The Kier molecular flexibility index (Phi) is 1.99. The van der Waals surface area contributed by atoms with Gasteiger partial charge < -0.3 is 0 Å². The van der Waals surface area contributed by atoms with Crippen LogP contribution in [0.5, 0.6) is 0 Å². The number of hydrogen-bond donors (Lipinski definition) is 0. The van der Waals surface area contributed by atoms with E-state index in [0.29, 0.717) is 5.69 Å². The van der Waals surface area contributed by atoms with Gasteiger partial charge in [0.2, 0.25) is 5.39 Å². The van der Waals surface area contributed by atoms with Crippen LogP contribution in [0, 0.1) is 5.39 Å². The smallest absolute Gasteiger partial charge is 0.0616 e. The largest absolute Gasteiger partial charge is 0.392 e. The zero-order valence-corrected chi connectivity index (χ0v) is 8.32. The summed E-state index contributed by atoms with van der Waals surface area (Å²) in [6.07, 6.45) is 0. The third-order valence-electron chi connectivity index (χ3n) is 1.96. The fraction of sp³-hybridized carbons (Fsp3) is 0. The van der Waals surface area contributed by atoms with Gasteiger partial charge in [0.25, 0.3) is 0 Å². The Hall–Kier alpha value is -1.40. The average molecular weight is 234 g/mol. The highest BCUT2D eigenvalue weighted by Crippen LogP contribution is 2.31. The molecule has 0 spiro atoms. The van der Waals surface area contributed by atoms with Crippen LogP contribution in [0.25, 0.3) is 15.7 Å². The number of nitrogens with zero attached hydrogens (tertiary/aromatic N) is 2. The Balaban J connectivity index is 2.95. The van der Waals surface area contributed by atoms with Crippen LogP contribution in [-0.4, -0.2) is 0 Å². The molecule has 0 fully saturated rings. The molecule has 0 aliphatic rings. The second-order valence-electron chi connectivity index (χ2n) is 2.71. The normalized spacial score (nSPS) is 9.85. The monoisotopic (exact) mass is 233 g/mol. The lowest BCUT2D eigenvalue weighted by Gasteiger charge is -1.95. The van der Waals surface area contributed by atoms with E-state index in [0.717, 1.165) is 15.2 Å². The Morgan fingerprint density at radius 2 is 1.69 bits per heavy atom. The summed E-state index contributed by atoms with van der Waals surface area (Å²) >= 11 is 3.44. The lowest BCUT2D eigenvalue weighted by molar-refractivity contribution is 1.47. The van der Waals surface area contributed by atoms with Crippen LogP contribution in [0.4, 0.5) is 5.69 Å². The molecule has 0 saturated heterocycles. The summed E-state index contributed by atoms with van der Waals surface area (Å²) in [5.74, 6) is 0. The average Bonchev–Trinajstić information content (AvgIpc) is 2.19. The second kappa shape index (κ2) is 3.15. The number of halogens is 1. The summed E-state index contributed by atoms with van der Waals surface area (Å²) < 4.78 is 1.01. The molecule has 2 aromatic carbocycles. The maximum absolute atomic E-state index is 8.74. The SMILES string of the molecule is N#[N+]c1ccc(Br)c2ccccc12. The van der Waals surface area contributed by atoms with Crippen molar-refractivity contribution >= 4 is 32.4 Å². The standard InChI is InChI=1S/C10H6BrN2/c11-9-5-6-10(13-12)8-4-2-1-3-7(8)9/h1-6H/q+1. The zero-order chi connectivity index (χ0) is 9.26. The van der Waals surface area contributed by atoms with E-state index in [2.05, 4.69) is 20.9 Å². The first-order chi connectivity index (χ1) is 6.33. The molecule has 2 nitrogen and oxygen atoms in total. The van der Waals surface area contributed by atoms with Gasteiger partial charge >= 0.3 is 5.69 Å². The van der Waals surface area contributed by atoms with E-state index in [9.17, 15) is 0 Å². The molecule has 0 heterocycles. The minimum Gasteiger partial charge on any atom is -0.0616 e. The van der Waals surface area contributed by atoms with Crippen molar-refractivity contribution < 1.29 is 0 Å². The highest BCUT2D eigenvalue weighted by atomic mass is 79.9. The molecule has 0 saturated carbocycles. The molecular weight excluding hydrogens is 228 g/mol. The van der Waals surface area contributed by atoms with Crippen LogP contribution in [0.1, 0.15) is 0 Å². The van der Waals surface area contributed by atoms with Crippen molar-refractivity contribution in [3.8, 4) is 0 Å². The van der Waals surface area contributed by atoms with E-state index in [-0.39, 0.29) is 0 Å². The quantitative estimate of drug-likeness (QED) is 0.631. The molecule has 2 aromatic rings. The first kappa shape index (κ1) is 8.21. The van der Waals surface area contributed by atoms with Gasteiger partial charge in [0, 0.05) is 15.9 Å². The van der Waals surface area contributed by atoms with E-state index in [4.69, 9.17) is 5.39 Å². The number of diazo groups is 1. The molecule has 0 aliphatic carbocycles. The van der Waals surface area contributed by atoms with Crippen molar-refractivity contribution in [2.45, 2.75) is 0 Å². The first-order valence-corrected chi connectivity index (χ1v) is 4.64. The van der Waals surface area contributed by atoms with Gasteiger partial charge in [0.15, 0.2) is 4.98 Å². The van der Waals surface area contributed by atoms with E-state index >= 15 is 0 Å². The van der Waals surface area contributed by atoms with Crippen LogP contribution >= 0.6 is 15.9 Å². The van der Waals surface area contributed by atoms with Crippen molar-refractivity contribution in [2.24, 2.45) is 0 Å². The Bertz CT molecular complexity index is 500. The Morgan fingerprint density at radius 3 is 2.38 bits per heavy atom. The highest BCUT2D eigenvalue weighted by Gasteiger charge is 2.11. The zero-order valence-electron chi connectivity index (χ0n) is 6.74. The minimum absolute atomic E-state index is 0.596. The van der Waals surface area contributed by atoms with Crippen LogP contribution in [0.15, 0.2) is 40.9 Å². The maximum atomic E-state index is 8.74. The number of benzene rings is 2. The lowest BCUT2D eigenvalue weighted by Crippen LogP contribution is -1.73. The summed E-state index contributed by atoms with van der Waals surface area (Å²) in [5.41, 5.74) is 0.596. The van der Waals surface area contributed by atoms with Crippen LogP contribution in [0.3, 0.4) is 0 Å². The molecular formula is C10H6BrN2+. The third kappa shape index (κ3) is 1.30. The molecule has 0 atom stereocenters. The molecule has 0 aromatic heterocycles. The topological polar surface area (TPSA) is 28.1 Å². The van der Waals surface area contributed by atoms with Crippen LogP contribution in [0.2, 0.25) is 0 Å². The molecule has 62 valence electrons. The fourth-order valence-corrected chi connectivity index (χ4v) is 1.81. The molecule has 2 rings (SSSR count). The van der Waals surface area contributed by atoms with Gasteiger partial charge in [0.05, 0.1) is 5.39 Å². The molecule has 0 radical (unpaired) electrons. The lowest BCUT2D eigenvalue weighted by atomic mass is 10.1. The highest BCUT2D eigenvalue weighted by molar-refractivity contribution is 9.10. The van der Waals surface area contributed by atoms with Crippen molar-refractivity contribution in [3.63, 3.8) is 0 Å².